The Morgan fingerprint density at radius 2 is 1.28 bits per heavy atom. The van der Waals surface area contributed by atoms with Gasteiger partial charge in [-0.1, -0.05) is 78.7 Å². The standard InChI is InChI=1S/C26H44O3/c1-5-9-13-14-15-21-28-26(27)29-25-20-19-22(16-10-6-2)23(17-11-7-3)24(25)18-12-8-4/h19-20H,5-18,21H2,1-4H3. The van der Waals surface area contributed by atoms with Crippen molar-refractivity contribution in [2.24, 2.45) is 0 Å². The van der Waals surface area contributed by atoms with E-state index < -0.39 is 6.16 Å². The molecule has 3 heteroatoms. The third kappa shape index (κ3) is 10.2. The molecule has 0 amide bonds. The maximum absolute atomic E-state index is 12.3. The van der Waals surface area contributed by atoms with Crippen LogP contribution in [0.2, 0.25) is 0 Å². The number of carbonyl (C=O) groups is 1. The van der Waals surface area contributed by atoms with Crippen molar-refractivity contribution in [1.82, 2.24) is 0 Å². The molecule has 0 fully saturated rings. The molecule has 0 saturated heterocycles. The number of unbranched alkanes of at least 4 members (excludes halogenated alkanes) is 7. The summed E-state index contributed by atoms with van der Waals surface area (Å²) in [4.78, 5) is 12.3. The van der Waals surface area contributed by atoms with Crippen molar-refractivity contribution < 1.29 is 14.3 Å². The molecule has 0 unspecified atom stereocenters. The van der Waals surface area contributed by atoms with E-state index in [1.807, 2.05) is 6.07 Å². The van der Waals surface area contributed by atoms with E-state index >= 15 is 0 Å². The molecule has 0 heterocycles. The molecule has 0 aromatic heterocycles. The first-order chi connectivity index (χ1) is 14.2. The van der Waals surface area contributed by atoms with Crippen LogP contribution in [0.15, 0.2) is 12.1 Å². The van der Waals surface area contributed by atoms with Gasteiger partial charge in [0.15, 0.2) is 0 Å². The highest BCUT2D eigenvalue weighted by molar-refractivity contribution is 5.65. The molecule has 1 aromatic rings. The predicted molar refractivity (Wildman–Crippen MR) is 123 cm³/mol. The molecule has 0 bridgehead atoms. The number of carbonyl (C=O) groups excluding carboxylic acids is 1. The van der Waals surface area contributed by atoms with E-state index in [2.05, 4.69) is 33.8 Å². The van der Waals surface area contributed by atoms with Gasteiger partial charge in [-0.15, -0.1) is 0 Å². The zero-order chi connectivity index (χ0) is 21.3. The van der Waals surface area contributed by atoms with Gasteiger partial charge in [0.2, 0.25) is 0 Å². The summed E-state index contributed by atoms with van der Waals surface area (Å²) in [7, 11) is 0. The van der Waals surface area contributed by atoms with E-state index in [1.54, 1.807) is 0 Å². The Balaban J connectivity index is 2.86. The lowest BCUT2D eigenvalue weighted by Crippen LogP contribution is -2.14. The van der Waals surface area contributed by atoms with E-state index in [-0.39, 0.29) is 0 Å². The number of rotatable bonds is 16. The zero-order valence-electron chi connectivity index (χ0n) is 19.5. The number of ether oxygens (including phenoxy) is 2. The molecule has 0 radical (unpaired) electrons. The Hall–Kier alpha value is -1.51. The van der Waals surface area contributed by atoms with Crippen molar-refractivity contribution in [2.45, 2.75) is 118 Å². The van der Waals surface area contributed by atoms with Crippen LogP contribution in [0.25, 0.3) is 0 Å². The molecule has 166 valence electrons. The van der Waals surface area contributed by atoms with Crippen molar-refractivity contribution in [2.75, 3.05) is 6.61 Å². The summed E-state index contributed by atoms with van der Waals surface area (Å²) >= 11 is 0. The van der Waals surface area contributed by atoms with Crippen LogP contribution in [0.1, 0.15) is 115 Å². The van der Waals surface area contributed by atoms with Gasteiger partial charge in [0.25, 0.3) is 0 Å². The summed E-state index contributed by atoms with van der Waals surface area (Å²) < 4.78 is 11.0. The number of aryl methyl sites for hydroxylation is 1. The van der Waals surface area contributed by atoms with Crippen LogP contribution in [-0.2, 0) is 24.0 Å². The minimum Gasteiger partial charge on any atom is -0.434 e. The third-order valence-electron chi connectivity index (χ3n) is 5.51. The molecule has 0 saturated carbocycles. The van der Waals surface area contributed by atoms with Gasteiger partial charge in [0, 0.05) is 0 Å². The van der Waals surface area contributed by atoms with Gasteiger partial charge in [-0.2, -0.15) is 0 Å². The molecule has 29 heavy (non-hydrogen) atoms. The normalized spacial score (nSPS) is 10.9. The van der Waals surface area contributed by atoms with Crippen LogP contribution in [0, 0.1) is 0 Å². The maximum atomic E-state index is 12.3. The van der Waals surface area contributed by atoms with E-state index in [4.69, 9.17) is 9.47 Å². The van der Waals surface area contributed by atoms with E-state index in [0.29, 0.717) is 12.4 Å². The van der Waals surface area contributed by atoms with Gasteiger partial charge in [-0.25, -0.2) is 4.79 Å². The summed E-state index contributed by atoms with van der Waals surface area (Å²) in [6.07, 6.45) is 15.3. The molecular formula is C26H44O3. The smallest absolute Gasteiger partial charge is 0.434 e. The van der Waals surface area contributed by atoms with Gasteiger partial charge in [0.1, 0.15) is 5.75 Å². The second-order valence-corrected chi connectivity index (χ2v) is 8.11. The van der Waals surface area contributed by atoms with Crippen molar-refractivity contribution >= 4 is 6.16 Å². The Kier molecular flexibility index (Phi) is 14.4. The van der Waals surface area contributed by atoms with E-state index in [1.165, 1.54) is 61.6 Å². The molecule has 1 rings (SSSR count). The van der Waals surface area contributed by atoms with Gasteiger partial charge >= 0.3 is 6.16 Å². The Morgan fingerprint density at radius 3 is 1.93 bits per heavy atom. The molecular weight excluding hydrogens is 360 g/mol. The first kappa shape index (κ1) is 25.5. The zero-order valence-corrected chi connectivity index (χ0v) is 19.5. The first-order valence-corrected chi connectivity index (χ1v) is 12.2. The van der Waals surface area contributed by atoms with Crippen molar-refractivity contribution in [3.63, 3.8) is 0 Å². The Bertz CT molecular complexity index is 565. The summed E-state index contributed by atoms with van der Waals surface area (Å²) in [6.45, 7) is 9.32. The number of hydrogen-bond donors (Lipinski definition) is 0. The summed E-state index contributed by atoms with van der Waals surface area (Å²) in [6, 6.07) is 4.16. The molecule has 0 spiro atoms. The summed E-state index contributed by atoms with van der Waals surface area (Å²) in [5.74, 6) is 0.709. The fraction of sp³-hybridized carbons (Fsp3) is 0.731. The quantitative estimate of drug-likeness (QED) is 0.158. The minimum atomic E-state index is -0.555. The van der Waals surface area contributed by atoms with Gasteiger partial charge in [-0.05, 0) is 67.7 Å². The highest BCUT2D eigenvalue weighted by Gasteiger charge is 2.17. The molecule has 0 aliphatic carbocycles. The average molecular weight is 405 g/mol. The van der Waals surface area contributed by atoms with Crippen LogP contribution in [0.5, 0.6) is 5.75 Å². The molecule has 0 N–H and O–H groups in total. The topological polar surface area (TPSA) is 35.5 Å². The second-order valence-electron chi connectivity index (χ2n) is 8.11. The number of hydrogen-bond acceptors (Lipinski definition) is 3. The minimum absolute atomic E-state index is 0.449. The molecule has 3 nitrogen and oxygen atoms in total. The lowest BCUT2D eigenvalue weighted by atomic mass is 9.90. The average Bonchev–Trinajstić information content (AvgIpc) is 2.72. The Morgan fingerprint density at radius 1 is 0.690 bits per heavy atom. The van der Waals surface area contributed by atoms with Crippen molar-refractivity contribution in [1.29, 1.82) is 0 Å². The first-order valence-electron chi connectivity index (χ1n) is 12.2. The summed E-state index contributed by atoms with van der Waals surface area (Å²) in [5, 5.41) is 0. The van der Waals surface area contributed by atoms with Crippen LogP contribution in [0.3, 0.4) is 0 Å². The molecule has 0 aliphatic rings. The third-order valence-corrected chi connectivity index (χ3v) is 5.51. The van der Waals surface area contributed by atoms with Gasteiger partial charge < -0.3 is 9.47 Å². The summed E-state index contributed by atoms with van der Waals surface area (Å²) in [5.41, 5.74) is 4.08. The highest BCUT2D eigenvalue weighted by atomic mass is 16.7. The predicted octanol–water partition coefficient (Wildman–Crippen LogP) is 8.20. The van der Waals surface area contributed by atoms with Crippen LogP contribution in [-0.4, -0.2) is 12.8 Å². The molecule has 0 atom stereocenters. The van der Waals surface area contributed by atoms with Crippen LogP contribution < -0.4 is 4.74 Å². The van der Waals surface area contributed by atoms with Crippen LogP contribution >= 0.6 is 0 Å². The fourth-order valence-corrected chi connectivity index (χ4v) is 3.69. The molecule has 0 aliphatic heterocycles. The van der Waals surface area contributed by atoms with E-state index in [0.717, 1.165) is 44.9 Å². The van der Waals surface area contributed by atoms with Gasteiger partial charge in [0.05, 0.1) is 6.61 Å². The van der Waals surface area contributed by atoms with Crippen LogP contribution in [0.4, 0.5) is 4.79 Å². The largest absolute Gasteiger partial charge is 0.513 e. The van der Waals surface area contributed by atoms with Crippen molar-refractivity contribution in [3.05, 3.63) is 28.8 Å². The maximum Gasteiger partial charge on any atom is 0.513 e. The lowest BCUT2D eigenvalue weighted by Gasteiger charge is -2.19. The monoisotopic (exact) mass is 404 g/mol. The second kappa shape index (κ2) is 16.3. The van der Waals surface area contributed by atoms with E-state index in [9.17, 15) is 4.79 Å². The Labute approximate surface area is 179 Å². The fourth-order valence-electron chi connectivity index (χ4n) is 3.69. The van der Waals surface area contributed by atoms with Gasteiger partial charge in [-0.3, -0.25) is 0 Å². The molecule has 1 aromatic carbocycles. The van der Waals surface area contributed by atoms with Crippen molar-refractivity contribution in [3.8, 4) is 5.75 Å². The SMILES string of the molecule is CCCCCCCOC(=O)Oc1ccc(CCCC)c(CCCC)c1CCCC. The highest BCUT2D eigenvalue weighted by Crippen LogP contribution is 2.30. The lowest BCUT2D eigenvalue weighted by molar-refractivity contribution is 0.0969. The number of benzene rings is 1.